The lowest BCUT2D eigenvalue weighted by Crippen LogP contribution is -2.32. The molecule has 2 atom stereocenters. The van der Waals surface area contributed by atoms with Crippen LogP contribution in [0.3, 0.4) is 0 Å². The van der Waals surface area contributed by atoms with Crippen molar-refractivity contribution in [2.45, 2.75) is 129 Å². The Balaban J connectivity index is 1.47. The topological polar surface area (TPSA) is 101 Å². The second-order valence-corrected chi connectivity index (χ2v) is 14.9. The molecule has 0 aliphatic rings. The number of unbranched alkanes of at least 4 members (excludes halogenated alkanes) is 12. The van der Waals surface area contributed by atoms with Gasteiger partial charge in [0.1, 0.15) is 49.3 Å². The summed E-state index contributed by atoms with van der Waals surface area (Å²) in [7, 11) is 0. The van der Waals surface area contributed by atoms with Crippen molar-refractivity contribution in [3.8, 4) is 17.2 Å². The normalized spacial score (nSPS) is 12.6. The van der Waals surface area contributed by atoms with Gasteiger partial charge in [0.2, 0.25) is 0 Å². The molecule has 0 aliphatic carbocycles. The summed E-state index contributed by atoms with van der Waals surface area (Å²) in [6.45, 7) is 8.82. The largest absolute Gasteiger partial charge is 0.491 e. The maximum Gasteiger partial charge on any atom is 0.124 e. The molecule has 0 saturated carbocycles. The van der Waals surface area contributed by atoms with E-state index in [0.29, 0.717) is 26.2 Å². The van der Waals surface area contributed by atoms with Crippen molar-refractivity contribution in [1.82, 2.24) is 4.90 Å². The molecule has 54 heavy (non-hydrogen) atoms. The number of aryl methyl sites for hydroxylation is 3. The van der Waals surface area contributed by atoms with Gasteiger partial charge in [-0.05, 0) is 73.7 Å². The Hall–Kier alpha value is -3.14. The third-order valence-corrected chi connectivity index (χ3v) is 9.67. The lowest BCUT2D eigenvalue weighted by atomic mass is 10.0. The van der Waals surface area contributed by atoms with Crippen molar-refractivity contribution in [2.24, 2.45) is 0 Å². The predicted octanol–water partition coefficient (Wildman–Crippen LogP) is 9.01. The zero-order chi connectivity index (χ0) is 38.6. The zero-order valence-corrected chi connectivity index (χ0v) is 33.7. The first kappa shape index (κ1) is 45.3. The Labute approximate surface area is 326 Å². The summed E-state index contributed by atoms with van der Waals surface area (Å²) in [6, 6.07) is 21.9. The van der Waals surface area contributed by atoms with Crippen LogP contribution in [0.25, 0.3) is 0 Å². The van der Waals surface area contributed by atoms with Crippen LogP contribution in [0.15, 0.2) is 66.7 Å². The SMILES string of the molecule is CCCCCCCCCCCCCCCc1ccc(CN(CCO)CCOCC(O)COc2cccc(C)c2)c(OCC(O)COc2cccc(C)c2)c1. The average molecular weight is 750 g/mol. The molecule has 0 fully saturated rings. The summed E-state index contributed by atoms with van der Waals surface area (Å²) < 4.78 is 23.6. The predicted molar refractivity (Wildman–Crippen MR) is 220 cm³/mol. The van der Waals surface area contributed by atoms with Crippen molar-refractivity contribution in [3.63, 3.8) is 0 Å². The highest BCUT2D eigenvalue weighted by Crippen LogP contribution is 2.25. The second-order valence-electron chi connectivity index (χ2n) is 14.9. The highest BCUT2D eigenvalue weighted by atomic mass is 16.5. The fourth-order valence-corrected chi connectivity index (χ4v) is 6.51. The van der Waals surface area contributed by atoms with Gasteiger partial charge in [0.15, 0.2) is 0 Å². The maximum absolute atomic E-state index is 10.8. The number of nitrogens with zero attached hydrogens (tertiary/aromatic N) is 1. The Morgan fingerprint density at radius 3 is 1.69 bits per heavy atom. The van der Waals surface area contributed by atoms with E-state index in [-0.39, 0.29) is 33.0 Å². The molecule has 0 heterocycles. The van der Waals surface area contributed by atoms with E-state index in [1.165, 1.54) is 82.6 Å². The van der Waals surface area contributed by atoms with Gasteiger partial charge in [-0.25, -0.2) is 0 Å². The van der Waals surface area contributed by atoms with Gasteiger partial charge in [-0.1, -0.05) is 120 Å². The second kappa shape index (κ2) is 28.3. The zero-order valence-electron chi connectivity index (χ0n) is 33.7. The molecule has 8 heteroatoms. The summed E-state index contributed by atoms with van der Waals surface area (Å²) in [5, 5.41) is 31.0. The summed E-state index contributed by atoms with van der Waals surface area (Å²) in [5.41, 5.74) is 4.41. The molecule has 0 aliphatic heterocycles. The van der Waals surface area contributed by atoms with Crippen LogP contribution in [0.1, 0.15) is 113 Å². The van der Waals surface area contributed by atoms with Gasteiger partial charge in [-0.15, -0.1) is 0 Å². The van der Waals surface area contributed by atoms with Crippen molar-refractivity contribution in [1.29, 1.82) is 0 Å². The Bertz CT molecular complexity index is 1380. The minimum atomic E-state index is -0.800. The van der Waals surface area contributed by atoms with E-state index in [0.717, 1.165) is 46.8 Å². The number of rotatable bonds is 32. The molecular weight excluding hydrogens is 679 g/mol. The molecule has 2 unspecified atom stereocenters. The van der Waals surface area contributed by atoms with E-state index in [1.807, 2.05) is 62.4 Å². The van der Waals surface area contributed by atoms with Crippen LogP contribution in [-0.2, 0) is 17.7 Å². The molecule has 0 bridgehead atoms. The van der Waals surface area contributed by atoms with E-state index < -0.39 is 12.2 Å². The van der Waals surface area contributed by atoms with Crippen molar-refractivity contribution >= 4 is 0 Å². The molecule has 3 N–H and O–H groups in total. The lowest BCUT2D eigenvalue weighted by Gasteiger charge is -2.24. The third-order valence-electron chi connectivity index (χ3n) is 9.67. The first-order valence-corrected chi connectivity index (χ1v) is 20.8. The van der Waals surface area contributed by atoms with Crippen LogP contribution in [0.5, 0.6) is 17.2 Å². The first-order valence-electron chi connectivity index (χ1n) is 20.8. The molecule has 0 amide bonds. The monoisotopic (exact) mass is 750 g/mol. The standard InChI is InChI=1S/C46H71NO7/c1-4-5-6-7-8-9-10-11-12-13-14-15-16-21-40-24-25-41(46(32-40)54-37-43(50)36-53-45-23-18-20-39(3)31-45)33-47(26-28-48)27-29-51-34-42(49)35-52-44-22-17-19-38(2)30-44/h17-20,22-25,30-32,42-43,48-50H,4-16,21,26-29,33-37H2,1-3H3. The minimum Gasteiger partial charge on any atom is -0.491 e. The van der Waals surface area contributed by atoms with Gasteiger partial charge in [0, 0.05) is 25.2 Å². The maximum atomic E-state index is 10.8. The van der Waals surface area contributed by atoms with Crippen LogP contribution in [0.2, 0.25) is 0 Å². The molecule has 3 rings (SSSR count). The molecule has 0 radical (unpaired) electrons. The summed E-state index contributed by atoms with van der Waals surface area (Å²) in [5.74, 6) is 2.19. The highest BCUT2D eigenvalue weighted by Gasteiger charge is 2.15. The smallest absolute Gasteiger partial charge is 0.124 e. The molecule has 0 spiro atoms. The van der Waals surface area contributed by atoms with E-state index in [2.05, 4.69) is 30.0 Å². The van der Waals surface area contributed by atoms with Crippen LogP contribution in [0.4, 0.5) is 0 Å². The van der Waals surface area contributed by atoms with E-state index in [1.54, 1.807) is 0 Å². The van der Waals surface area contributed by atoms with Crippen LogP contribution >= 0.6 is 0 Å². The quantitative estimate of drug-likeness (QED) is 0.0544. The number of ether oxygens (including phenoxy) is 4. The van der Waals surface area contributed by atoms with Gasteiger partial charge in [0.05, 0.1) is 19.8 Å². The lowest BCUT2D eigenvalue weighted by molar-refractivity contribution is 0.00392. The van der Waals surface area contributed by atoms with E-state index in [4.69, 9.17) is 18.9 Å². The number of aliphatic hydroxyl groups excluding tert-OH is 3. The fourth-order valence-electron chi connectivity index (χ4n) is 6.51. The van der Waals surface area contributed by atoms with Crippen molar-refractivity contribution in [2.75, 3.05) is 52.7 Å². The molecule has 302 valence electrons. The average Bonchev–Trinajstić information content (AvgIpc) is 3.16. The van der Waals surface area contributed by atoms with Gasteiger partial charge in [-0.3, -0.25) is 4.90 Å². The van der Waals surface area contributed by atoms with Gasteiger partial charge >= 0.3 is 0 Å². The summed E-state index contributed by atoms with van der Waals surface area (Å²) in [4.78, 5) is 2.11. The molecule has 3 aromatic carbocycles. The van der Waals surface area contributed by atoms with E-state index in [9.17, 15) is 15.3 Å². The van der Waals surface area contributed by atoms with Crippen LogP contribution in [0, 0.1) is 13.8 Å². The fraction of sp³-hybridized carbons (Fsp3) is 0.609. The third kappa shape index (κ3) is 20.5. The molecular formula is C46H71NO7. The van der Waals surface area contributed by atoms with Crippen molar-refractivity contribution in [3.05, 3.63) is 89.0 Å². The highest BCUT2D eigenvalue weighted by molar-refractivity contribution is 5.38. The Morgan fingerprint density at radius 1 is 0.593 bits per heavy atom. The van der Waals surface area contributed by atoms with Gasteiger partial charge < -0.3 is 34.3 Å². The number of benzene rings is 3. The Kier molecular flexibility index (Phi) is 23.7. The van der Waals surface area contributed by atoms with Gasteiger partial charge in [0.25, 0.3) is 0 Å². The molecule has 0 aromatic heterocycles. The van der Waals surface area contributed by atoms with E-state index >= 15 is 0 Å². The number of aliphatic hydroxyl groups is 3. The molecule has 0 saturated heterocycles. The first-order chi connectivity index (χ1) is 26.4. The number of hydrogen-bond acceptors (Lipinski definition) is 8. The van der Waals surface area contributed by atoms with Crippen molar-refractivity contribution < 1.29 is 34.3 Å². The molecule has 8 nitrogen and oxygen atoms in total. The molecule has 3 aromatic rings. The number of hydrogen-bond donors (Lipinski definition) is 3. The Morgan fingerprint density at radius 2 is 1.13 bits per heavy atom. The summed E-state index contributed by atoms with van der Waals surface area (Å²) >= 11 is 0. The van der Waals surface area contributed by atoms with Crippen LogP contribution < -0.4 is 14.2 Å². The van der Waals surface area contributed by atoms with Crippen LogP contribution in [-0.4, -0.2) is 85.2 Å². The van der Waals surface area contributed by atoms with Gasteiger partial charge in [-0.2, -0.15) is 0 Å². The summed E-state index contributed by atoms with van der Waals surface area (Å²) in [6.07, 6.45) is 16.8. The minimum absolute atomic E-state index is 0.00922.